The zero-order chi connectivity index (χ0) is 24.9. The average Bonchev–Trinajstić information content (AvgIpc) is 3.55. The molecule has 2 N–H and O–H groups in total. The van der Waals surface area contributed by atoms with Crippen molar-refractivity contribution in [2.24, 2.45) is 0 Å². The maximum Gasteiger partial charge on any atom is 0.259 e. The number of amides is 1. The fraction of sp³-hybridized carbons (Fsp3) is 0.321. The van der Waals surface area contributed by atoms with Crippen LogP contribution in [0.5, 0.6) is 5.75 Å². The third-order valence-electron chi connectivity index (χ3n) is 6.57. The number of hydrogen-bond acceptors (Lipinski definition) is 6. The predicted octanol–water partition coefficient (Wildman–Crippen LogP) is 4.62. The highest BCUT2D eigenvalue weighted by Crippen LogP contribution is 2.28. The van der Waals surface area contributed by atoms with E-state index in [2.05, 4.69) is 34.3 Å². The molecule has 0 aliphatic carbocycles. The third-order valence-corrected chi connectivity index (χ3v) is 6.57. The smallest absolute Gasteiger partial charge is 0.259 e. The minimum atomic E-state index is -0.0990. The normalized spacial score (nSPS) is 13.3. The number of rotatable bonds is 10. The number of aromatic nitrogens is 3. The van der Waals surface area contributed by atoms with Gasteiger partial charge in [-0.1, -0.05) is 25.1 Å². The molecule has 8 nitrogen and oxygen atoms in total. The summed E-state index contributed by atoms with van der Waals surface area (Å²) >= 11 is 0. The van der Waals surface area contributed by atoms with Gasteiger partial charge in [-0.15, -0.1) is 0 Å². The third kappa shape index (κ3) is 5.04. The van der Waals surface area contributed by atoms with Crippen LogP contribution in [0, 0.1) is 0 Å². The maximum absolute atomic E-state index is 13.8. The van der Waals surface area contributed by atoms with Gasteiger partial charge in [-0.2, -0.15) is 4.98 Å². The highest BCUT2D eigenvalue weighted by atomic mass is 16.5. The molecule has 0 fully saturated rings. The minimum Gasteiger partial charge on any atom is -0.493 e. The lowest BCUT2D eigenvalue weighted by Gasteiger charge is -2.23. The lowest BCUT2D eigenvalue weighted by atomic mass is 10.1. The second kappa shape index (κ2) is 10.8. The summed E-state index contributed by atoms with van der Waals surface area (Å²) in [5, 5.41) is 4.49. The van der Waals surface area contributed by atoms with Gasteiger partial charge in [0.25, 0.3) is 5.91 Å². The molecule has 0 saturated heterocycles. The monoisotopic (exact) mass is 485 g/mol. The van der Waals surface area contributed by atoms with Crippen LogP contribution >= 0.6 is 0 Å². The Kier molecular flexibility index (Phi) is 7.13. The van der Waals surface area contributed by atoms with E-state index in [-0.39, 0.29) is 11.9 Å². The van der Waals surface area contributed by atoms with Crippen molar-refractivity contribution in [3.63, 3.8) is 0 Å². The van der Waals surface area contributed by atoms with Crippen LogP contribution in [0.2, 0.25) is 0 Å². The number of anilines is 2. The van der Waals surface area contributed by atoms with E-state index in [0.717, 1.165) is 40.6 Å². The highest BCUT2D eigenvalue weighted by Gasteiger charge is 2.23. The molecule has 1 amide bonds. The van der Waals surface area contributed by atoms with E-state index in [1.54, 1.807) is 24.3 Å². The molecule has 1 aliphatic heterocycles. The van der Waals surface area contributed by atoms with Crippen molar-refractivity contribution in [3.8, 4) is 5.75 Å². The van der Waals surface area contributed by atoms with Gasteiger partial charge in [-0.25, -0.2) is 4.98 Å². The predicted molar refractivity (Wildman–Crippen MR) is 141 cm³/mol. The van der Waals surface area contributed by atoms with E-state index in [0.29, 0.717) is 43.5 Å². The van der Waals surface area contributed by atoms with Gasteiger partial charge in [0.1, 0.15) is 11.6 Å². The first kappa shape index (κ1) is 23.8. The van der Waals surface area contributed by atoms with Crippen LogP contribution in [0.1, 0.15) is 34.8 Å². The Morgan fingerprint density at radius 1 is 1.25 bits per heavy atom. The summed E-state index contributed by atoms with van der Waals surface area (Å²) in [7, 11) is 1.67. The van der Waals surface area contributed by atoms with Crippen LogP contribution in [-0.4, -0.2) is 53.8 Å². The molecular weight excluding hydrogens is 454 g/mol. The van der Waals surface area contributed by atoms with E-state index < -0.39 is 0 Å². The van der Waals surface area contributed by atoms with Crippen molar-refractivity contribution in [2.75, 3.05) is 37.1 Å². The van der Waals surface area contributed by atoms with Crippen molar-refractivity contribution < 1.29 is 14.3 Å². The molecule has 1 unspecified atom stereocenters. The van der Waals surface area contributed by atoms with Crippen molar-refractivity contribution in [1.82, 2.24) is 15.0 Å². The Balaban J connectivity index is 1.44. The zero-order valence-corrected chi connectivity index (χ0v) is 20.7. The molecule has 186 valence electrons. The number of nitrogens with one attached hydrogen (secondary N) is 2. The van der Waals surface area contributed by atoms with Crippen LogP contribution in [0.3, 0.4) is 0 Å². The molecule has 0 spiro atoms. The number of aromatic amines is 1. The number of benzene rings is 2. The largest absolute Gasteiger partial charge is 0.493 e. The zero-order valence-electron chi connectivity index (χ0n) is 20.7. The van der Waals surface area contributed by atoms with Crippen molar-refractivity contribution in [2.45, 2.75) is 32.2 Å². The number of fused-ring (bicyclic) bond motifs is 2. The van der Waals surface area contributed by atoms with Gasteiger partial charge in [-0.3, -0.25) is 9.69 Å². The molecule has 3 heterocycles. The first-order valence-corrected chi connectivity index (χ1v) is 12.4. The number of hydrogen-bond donors (Lipinski definition) is 2. The molecule has 0 saturated carbocycles. The first-order chi connectivity index (χ1) is 17.7. The summed E-state index contributed by atoms with van der Waals surface area (Å²) in [5.74, 6) is 1.79. The molecule has 2 aromatic carbocycles. The van der Waals surface area contributed by atoms with E-state index in [1.807, 2.05) is 36.5 Å². The van der Waals surface area contributed by atoms with Crippen molar-refractivity contribution >= 4 is 28.6 Å². The topological polar surface area (TPSA) is 92.4 Å². The number of ether oxygens (including phenoxy) is 2. The summed E-state index contributed by atoms with van der Waals surface area (Å²) in [6.45, 7) is 3.75. The molecule has 8 heteroatoms. The molecule has 0 radical (unpaired) electrons. The number of carbonyl (C=O) groups is 1. The number of carbonyl (C=O) groups excluding carboxylic acids is 1. The van der Waals surface area contributed by atoms with Crippen molar-refractivity contribution in [3.05, 3.63) is 77.6 Å². The second-order valence-electron chi connectivity index (χ2n) is 8.93. The SMILES string of the molecule is CCC(COC)Nc1nccc(N(CCc2c[nH]c3ccccc23)C(=O)c2ccc3c(c2)CCO3)n1. The van der Waals surface area contributed by atoms with Crippen LogP contribution < -0.4 is 15.0 Å². The number of H-pyrrole nitrogens is 1. The van der Waals surface area contributed by atoms with E-state index in [9.17, 15) is 4.79 Å². The molecule has 2 aromatic heterocycles. The van der Waals surface area contributed by atoms with E-state index >= 15 is 0 Å². The van der Waals surface area contributed by atoms with E-state index in [1.165, 1.54) is 0 Å². The van der Waals surface area contributed by atoms with Gasteiger partial charge >= 0.3 is 0 Å². The molecule has 1 aliphatic rings. The van der Waals surface area contributed by atoms with Gasteiger partial charge in [0.05, 0.1) is 19.3 Å². The minimum absolute atomic E-state index is 0.0809. The molecule has 0 bridgehead atoms. The summed E-state index contributed by atoms with van der Waals surface area (Å²) in [6.07, 6.45) is 6.06. The maximum atomic E-state index is 13.8. The summed E-state index contributed by atoms with van der Waals surface area (Å²) < 4.78 is 10.9. The van der Waals surface area contributed by atoms with Gasteiger partial charge < -0.3 is 19.8 Å². The molecule has 36 heavy (non-hydrogen) atoms. The lowest BCUT2D eigenvalue weighted by Crippen LogP contribution is -2.34. The Labute approximate surface area is 210 Å². The Morgan fingerprint density at radius 3 is 3.00 bits per heavy atom. The van der Waals surface area contributed by atoms with Crippen LogP contribution in [0.4, 0.5) is 11.8 Å². The van der Waals surface area contributed by atoms with E-state index in [4.69, 9.17) is 14.5 Å². The lowest BCUT2D eigenvalue weighted by molar-refractivity contribution is 0.0986. The first-order valence-electron chi connectivity index (χ1n) is 12.4. The number of nitrogens with zero attached hydrogens (tertiary/aromatic N) is 3. The molecule has 5 rings (SSSR count). The highest BCUT2D eigenvalue weighted by molar-refractivity contribution is 6.06. The average molecular weight is 486 g/mol. The second-order valence-corrected chi connectivity index (χ2v) is 8.93. The fourth-order valence-corrected chi connectivity index (χ4v) is 4.58. The molecule has 4 aromatic rings. The number of methoxy groups -OCH3 is 1. The van der Waals surface area contributed by atoms with Gasteiger partial charge in [0.2, 0.25) is 5.95 Å². The number of para-hydroxylation sites is 1. The summed E-state index contributed by atoms with van der Waals surface area (Å²) in [5.41, 5.74) is 3.93. The Morgan fingerprint density at radius 2 is 2.14 bits per heavy atom. The summed E-state index contributed by atoms with van der Waals surface area (Å²) in [4.78, 5) is 28.0. The fourth-order valence-electron chi connectivity index (χ4n) is 4.58. The molecular formula is C28H31N5O3. The van der Waals surface area contributed by atoms with Gasteiger partial charge in [-0.05, 0) is 54.3 Å². The Bertz CT molecular complexity index is 1350. The summed E-state index contributed by atoms with van der Waals surface area (Å²) in [6, 6.07) is 15.7. The Hall–Kier alpha value is -3.91. The van der Waals surface area contributed by atoms with Gasteiger partial charge in [0.15, 0.2) is 0 Å². The van der Waals surface area contributed by atoms with Crippen LogP contribution in [-0.2, 0) is 17.6 Å². The standard InChI is InChI=1S/C28H31N5O3/c1-3-22(18-35-2)31-28-29-13-10-26(32-28)33(14-11-21-17-30-24-7-5-4-6-23(21)24)27(34)20-8-9-25-19(16-20)12-15-36-25/h4-10,13,16-17,22,30H,3,11-12,14-15,18H2,1-2H3,(H,29,31,32). The van der Waals surface area contributed by atoms with Crippen LogP contribution in [0.15, 0.2) is 60.9 Å². The molecule has 1 atom stereocenters. The quantitative estimate of drug-likeness (QED) is 0.341. The van der Waals surface area contributed by atoms with Crippen LogP contribution in [0.25, 0.3) is 10.9 Å². The van der Waals surface area contributed by atoms with Crippen molar-refractivity contribution in [1.29, 1.82) is 0 Å². The van der Waals surface area contributed by atoms with Gasteiger partial charge in [0, 0.05) is 48.9 Å².